The number of hydrogen-bond donors (Lipinski definition) is 2. The lowest BCUT2D eigenvalue weighted by Gasteiger charge is -2.03. The van der Waals surface area contributed by atoms with Crippen LogP contribution in [0.1, 0.15) is 12.0 Å². The Labute approximate surface area is 98.0 Å². The third-order valence-corrected chi connectivity index (χ3v) is 2.64. The van der Waals surface area contributed by atoms with E-state index in [1.54, 1.807) is 12.1 Å². The maximum Gasteiger partial charge on any atom is 0.404 e. The second-order valence-corrected chi connectivity index (χ2v) is 3.90. The largest absolute Gasteiger partial charge is 0.465 e. The fourth-order valence-electron chi connectivity index (χ4n) is 1.18. The Balaban J connectivity index is 2.38. The first-order chi connectivity index (χ1) is 7.09. The number of carboxylic acid groups (broad SMARTS) is 1. The monoisotopic (exact) mass is 247 g/mol. The summed E-state index contributed by atoms with van der Waals surface area (Å²) in [6.07, 6.45) is 0.519. The van der Waals surface area contributed by atoms with Crippen LogP contribution in [0.15, 0.2) is 18.2 Å². The van der Waals surface area contributed by atoms with Crippen LogP contribution in [0.3, 0.4) is 0 Å². The maximum absolute atomic E-state index is 10.2. The second-order valence-electron chi connectivity index (χ2n) is 3.08. The van der Waals surface area contributed by atoms with Gasteiger partial charge in [-0.3, -0.25) is 0 Å². The van der Waals surface area contributed by atoms with Gasteiger partial charge in [-0.25, -0.2) is 4.79 Å². The number of aryl methyl sites for hydroxylation is 1. The lowest BCUT2D eigenvalue weighted by Crippen LogP contribution is -2.22. The molecule has 0 aliphatic carbocycles. The van der Waals surface area contributed by atoms with Crippen LogP contribution in [0.25, 0.3) is 0 Å². The third kappa shape index (κ3) is 4.40. The highest BCUT2D eigenvalue weighted by molar-refractivity contribution is 6.42. The Hall–Kier alpha value is -0.930. The topological polar surface area (TPSA) is 49.3 Å². The number of hydrogen-bond acceptors (Lipinski definition) is 1. The predicted molar refractivity (Wildman–Crippen MR) is 60.8 cm³/mol. The van der Waals surface area contributed by atoms with Crippen LogP contribution in [-0.4, -0.2) is 17.7 Å². The summed E-state index contributed by atoms with van der Waals surface area (Å²) in [6.45, 7) is 0.440. The maximum atomic E-state index is 10.2. The molecule has 1 rings (SSSR count). The molecule has 5 heteroatoms. The number of amides is 1. The van der Waals surface area contributed by atoms with Crippen molar-refractivity contribution in [3.63, 3.8) is 0 Å². The van der Waals surface area contributed by atoms with Crippen LogP contribution in [0, 0.1) is 0 Å². The van der Waals surface area contributed by atoms with E-state index in [2.05, 4.69) is 5.32 Å². The molecule has 0 fully saturated rings. The Kier molecular flexibility index (Phi) is 4.72. The molecule has 0 aliphatic rings. The summed E-state index contributed by atoms with van der Waals surface area (Å²) >= 11 is 11.6. The molecule has 0 heterocycles. The summed E-state index contributed by atoms with van der Waals surface area (Å²) < 4.78 is 0. The van der Waals surface area contributed by atoms with E-state index in [1.807, 2.05) is 6.07 Å². The van der Waals surface area contributed by atoms with Crippen LogP contribution in [-0.2, 0) is 6.42 Å². The zero-order chi connectivity index (χ0) is 11.3. The molecule has 15 heavy (non-hydrogen) atoms. The molecular weight excluding hydrogens is 237 g/mol. The summed E-state index contributed by atoms with van der Waals surface area (Å²) in [7, 11) is 0. The first kappa shape index (κ1) is 12.1. The number of nitrogens with one attached hydrogen (secondary N) is 1. The highest BCUT2D eigenvalue weighted by Crippen LogP contribution is 2.22. The Bertz CT molecular complexity index is 355. The second kappa shape index (κ2) is 5.83. The van der Waals surface area contributed by atoms with E-state index < -0.39 is 6.09 Å². The van der Waals surface area contributed by atoms with Crippen molar-refractivity contribution < 1.29 is 9.90 Å². The van der Waals surface area contributed by atoms with Gasteiger partial charge in [0, 0.05) is 6.54 Å². The van der Waals surface area contributed by atoms with E-state index >= 15 is 0 Å². The molecule has 3 nitrogen and oxygen atoms in total. The highest BCUT2D eigenvalue weighted by Gasteiger charge is 2.00. The van der Waals surface area contributed by atoms with Crippen molar-refractivity contribution in [1.29, 1.82) is 0 Å². The number of halogens is 2. The molecule has 1 aromatic carbocycles. The normalized spacial score (nSPS) is 10.0. The number of benzene rings is 1. The molecule has 0 saturated carbocycles. The number of carbonyl (C=O) groups is 1. The smallest absolute Gasteiger partial charge is 0.404 e. The zero-order valence-electron chi connectivity index (χ0n) is 7.96. The summed E-state index contributed by atoms with van der Waals surface area (Å²) in [5.74, 6) is 0. The average Bonchev–Trinajstić information content (AvgIpc) is 2.18. The summed E-state index contributed by atoms with van der Waals surface area (Å²) in [5, 5.41) is 11.7. The van der Waals surface area contributed by atoms with Gasteiger partial charge in [0.2, 0.25) is 0 Å². The average molecular weight is 248 g/mol. The van der Waals surface area contributed by atoms with Crippen LogP contribution in [0.4, 0.5) is 4.79 Å². The first-order valence-corrected chi connectivity index (χ1v) is 5.26. The van der Waals surface area contributed by atoms with Crippen LogP contribution >= 0.6 is 23.2 Å². The molecule has 1 amide bonds. The van der Waals surface area contributed by atoms with Crippen LogP contribution in [0.2, 0.25) is 10.0 Å². The lowest BCUT2D eigenvalue weighted by molar-refractivity contribution is 0.194. The van der Waals surface area contributed by atoms with Gasteiger partial charge >= 0.3 is 6.09 Å². The standard InChI is InChI=1S/C10H11Cl2NO2/c11-8-4-3-7(6-9(8)12)2-1-5-13-10(14)15/h3-4,6,13H,1-2,5H2,(H,14,15). The van der Waals surface area contributed by atoms with Gasteiger partial charge in [-0.15, -0.1) is 0 Å². The van der Waals surface area contributed by atoms with Gasteiger partial charge in [0.25, 0.3) is 0 Å². The first-order valence-electron chi connectivity index (χ1n) is 4.50. The lowest BCUT2D eigenvalue weighted by atomic mass is 10.1. The molecule has 0 atom stereocenters. The fraction of sp³-hybridized carbons (Fsp3) is 0.300. The molecule has 0 aliphatic heterocycles. The van der Waals surface area contributed by atoms with Crippen molar-refractivity contribution in [1.82, 2.24) is 5.32 Å². The summed E-state index contributed by atoms with van der Waals surface area (Å²) in [6, 6.07) is 5.42. The van der Waals surface area contributed by atoms with E-state index in [1.165, 1.54) is 0 Å². The van der Waals surface area contributed by atoms with E-state index in [9.17, 15) is 4.79 Å². The molecule has 0 aromatic heterocycles. The minimum absolute atomic E-state index is 0.440. The molecule has 0 radical (unpaired) electrons. The molecule has 0 bridgehead atoms. The van der Waals surface area contributed by atoms with E-state index in [0.717, 1.165) is 18.4 Å². The summed E-state index contributed by atoms with van der Waals surface area (Å²) in [5.41, 5.74) is 1.05. The van der Waals surface area contributed by atoms with Gasteiger partial charge in [-0.2, -0.15) is 0 Å². The third-order valence-electron chi connectivity index (χ3n) is 1.90. The van der Waals surface area contributed by atoms with Crippen molar-refractivity contribution >= 4 is 29.3 Å². The zero-order valence-corrected chi connectivity index (χ0v) is 9.48. The van der Waals surface area contributed by atoms with E-state index in [0.29, 0.717) is 16.6 Å². The van der Waals surface area contributed by atoms with Gasteiger partial charge in [0.05, 0.1) is 10.0 Å². The Morgan fingerprint density at radius 3 is 2.67 bits per heavy atom. The number of rotatable bonds is 4. The SMILES string of the molecule is O=C(O)NCCCc1ccc(Cl)c(Cl)c1. The van der Waals surface area contributed by atoms with Gasteiger partial charge in [-0.1, -0.05) is 29.3 Å². The predicted octanol–water partition coefficient (Wildman–Crippen LogP) is 3.19. The molecule has 0 unspecified atom stereocenters. The van der Waals surface area contributed by atoms with Gasteiger partial charge in [-0.05, 0) is 30.5 Å². The van der Waals surface area contributed by atoms with Gasteiger partial charge in [0.1, 0.15) is 0 Å². The van der Waals surface area contributed by atoms with E-state index in [-0.39, 0.29) is 0 Å². The Morgan fingerprint density at radius 2 is 2.07 bits per heavy atom. The van der Waals surface area contributed by atoms with Crippen molar-refractivity contribution in [2.24, 2.45) is 0 Å². The highest BCUT2D eigenvalue weighted by atomic mass is 35.5. The molecule has 0 saturated heterocycles. The molecule has 0 spiro atoms. The Morgan fingerprint density at radius 1 is 1.33 bits per heavy atom. The molecule has 1 aromatic rings. The van der Waals surface area contributed by atoms with Crippen LogP contribution in [0.5, 0.6) is 0 Å². The van der Waals surface area contributed by atoms with Crippen molar-refractivity contribution in [2.45, 2.75) is 12.8 Å². The van der Waals surface area contributed by atoms with E-state index in [4.69, 9.17) is 28.3 Å². The van der Waals surface area contributed by atoms with Gasteiger partial charge < -0.3 is 10.4 Å². The minimum Gasteiger partial charge on any atom is -0.465 e. The molecule has 82 valence electrons. The van der Waals surface area contributed by atoms with Crippen molar-refractivity contribution in [3.05, 3.63) is 33.8 Å². The summed E-state index contributed by atoms with van der Waals surface area (Å²) in [4.78, 5) is 10.2. The molecule has 2 N–H and O–H groups in total. The molecular formula is C10H11Cl2NO2. The van der Waals surface area contributed by atoms with Crippen LogP contribution < -0.4 is 5.32 Å². The van der Waals surface area contributed by atoms with Crippen molar-refractivity contribution in [2.75, 3.05) is 6.54 Å². The minimum atomic E-state index is -0.996. The van der Waals surface area contributed by atoms with Crippen molar-refractivity contribution in [3.8, 4) is 0 Å². The fourth-order valence-corrected chi connectivity index (χ4v) is 1.50. The quantitative estimate of drug-likeness (QED) is 0.804. The van der Waals surface area contributed by atoms with Gasteiger partial charge in [0.15, 0.2) is 0 Å².